The van der Waals surface area contributed by atoms with Gasteiger partial charge in [0, 0.05) is 22.9 Å². The Morgan fingerprint density at radius 2 is 2.06 bits per heavy atom. The van der Waals surface area contributed by atoms with Gasteiger partial charge < -0.3 is 9.15 Å². The molecule has 0 amide bonds. The smallest absolute Gasteiger partial charge is 0.248 e. The third kappa shape index (κ3) is 4.27. The summed E-state index contributed by atoms with van der Waals surface area (Å²) in [4.78, 5) is 2.95. The summed E-state index contributed by atoms with van der Waals surface area (Å²) in [6.45, 7) is 5.12. The minimum Gasteiger partial charge on any atom is -0.419 e. The average Bonchev–Trinajstić information content (AvgIpc) is 3.46. The molecule has 1 saturated heterocycles. The Bertz CT molecular complexity index is 1260. The maximum absolute atomic E-state index is 13.1. The largest absolute Gasteiger partial charge is 0.419 e. The minimum absolute atomic E-state index is 0.243. The fourth-order valence-corrected chi connectivity index (χ4v) is 5.30. The van der Waals surface area contributed by atoms with Gasteiger partial charge in [0.15, 0.2) is 11.0 Å². The van der Waals surface area contributed by atoms with Crippen LogP contribution in [0.3, 0.4) is 0 Å². The zero-order valence-corrected chi connectivity index (χ0v) is 19.9. The van der Waals surface area contributed by atoms with Gasteiger partial charge in [-0.2, -0.15) is 9.19 Å². The topological polar surface area (TPSA) is 86.3 Å². The Morgan fingerprint density at radius 1 is 1.22 bits per heavy atom. The Hall–Kier alpha value is -2.40. The van der Waals surface area contributed by atoms with Crippen LogP contribution in [0.5, 0.6) is 0 Å². The van der Waals surface area contributed by atoms with Gasteiger partial charge in [-0.25, -0.2) is 4.21 Å². The maximum atomic E-state index is 13.1. The van der Waals surface area contributed by atoms with E-state index in [1.807, 2.05) is 42.5 Å². The molecule has 4 aromatic rings. The fourth-order valence-electron chi connectivity index (χ4n) is 3.80. The molecule has 3 heterocycles. The zero-order valence-electron chi connectivity index (χ0n) is 17.5. The Kier molecular flexibility index (Phi) is 6.18. The lowest BCUT2D eigenvalue weighted by Gasteiger charge is -2.31. The van der Waals surface area contributed by atoms with E-state index in [2.05, 4.69) is 43.0 Å². The minimum atomic E-state index is -1.47. The lowest BCUT2D eigenvalue weighted by atomic mass is 10.1. The summed E-state index contributed by atoms with van der Waals surface area (Å²) in [5.41, 5.74) is 1.47. The standard InChI is InChI=1S/C22H22BrN5O3S/c1-2-16-13-27(8-9-30-16)14-21-25-26-22(31-21)18-10-15(23)11-20-19(18)12-24-28(20)32(29)17-6-4-3-5-7-17/h3-7,10-12,16H,2,8-9,13-14H2,1H3. The summed E-state index contributed by atoms with van der Waals surface area (Å²) >= 11 is 3.55. The SMILES string of the molecule is CCC1CN(Cc2nnc(-c3cc(Br)cc4c3cnn4S(=O)c3ccccc3)o2)CCO1. The number of nitrogens with zero attached hydrogens (tertiary/aromatic N) is 5. The van der Waals surface area contributed by atoms with Crippen LogP contribution in [0.15, 0.2) is 62.4 Å². The van der Waals surface area contributed by atoms with Crippen molar-refractivity contribution in [1.82, 2.24) is 24.3 Å². The van der Waals surface area contributed by atoms with E-state index in [1.165, 1.54) is 4.09 Å². The highest BCUT2D eigenvalue weighted by atomic mass is 79.9. The molecule has 166 valence electrons. The number of hydrogen-bond acceptors (Lipinski definition) is 7. The molecule has 0 bridgehead atoms. The van der Waals surface area contributed by atoms with E-state index < -0.39 is 11.0 Å². The molecule has 2 aromatic heterocycles. The van der Waals surface area contributed by atoms with Gasteiger partial charge in [0.05, 0.1) is 41.4 Å². The van der Waals surface area contributed by atoms with Crippen molar-refractivity contribution in [2.45, 2.75) is 30.9 Å². The van der Waals surface area contributed by atoms with Crippen LogP contribution in [0.1, 0.15) is 19.2 Å². The molecule has 1 aliphatic rings. The second kappa shape index (κ2) is 9.22. The van der Waals surface area contributed by atoms with Gasteiger partial charge in [-0.3, -0.25) is 4.90 Å². The molecule has 2 unspecified atom stereocenters. The van der Waals surface area contributed by atoms with Crippen LogP contribution >= 0.6 is 15.9 Å². The first-order chi connectivity index (χ1) is 15.6. The van der Waals surface area contributed by atoms with Crippen molar-refractivity contribution in [2.75, 3.05) is 19.7 Å². The fraction of sp³-hybridized carbons (Fsp3) is 0.318. The number of morpholine rings is 1. The number of aromatic nitrogens is 4. The highest BCUT2D eigenvalue weighted by molar-refractivity contribution is 9.10. The quantitative estimate of drug-likeness (QED) is 0.383. The molecule has 1 fully saturated rings. The number of hydrogen-bond donors (Lipinski definition) is 0. The van der Waals surface area contributed by atoms with Crippen LogP contribution < -0.4 is 0 Å². The van der Waals surface area contributed by atoms with Gasteiger partial charge in [0.25, 0.3) is 0 Å². The number of ether oxygens (including phenoxy) is 1. The van der Waals surface area contributed by atoms with E-state index >= 15 is 0 Å². The van der Waals surface area contributed by atoms with Gasteiger partial charge >= 0.3 is 0 Å². The number of rotatable bonds is 6. The number of benzene rings is 2. The van der Waals surface area contributed by atoms with E-state index in [-0.39, 0.29) is 6.10 Å². The van der Waals surface area contributed by atoms with Crippen LogP contribution in [0.25, 0.3) is 22.4 Å². The van der Waals surface area contributed by atoms with E-state index in [1.54, 1.807) is 6.20 Å². The molecule has 32 heavy (non-hydrogen) atoms. The zero-order chi connectivity index (χ0) is 22.1. The highest BCUT2D eigenvalue weighted by Gasteiger charge is 2.22. The third-order valence-corrected chi connectivity index (χ3v) is 7.20. The van der Waals surface area contributed by atoms with Crippen LogP contribution in [0.2, 0.25) is 0 Å². The molecular formula is C22H22BrN5O3S. The van der Waals surface area contributed by atoms with Crippen molar-refractivity contribution in [3.63, 3.8) is 0 Å². The summed E-state index contributed by atoms with van der Waals surface area (Å²) in [5.74, 6) is 0.974. The van der Waals surface area contributed by atoms with Crippen molar-refractivity contribution >= 4 is 37.8 Å². The molecule has 0 aliphatic carbocycles. The first-order valence-electron chi connectivity index (χ1n) is 10.4. The van der Waals surface area contributed by atoms with Crippen molar-refractivity contribution in [3.05, 3.63) is 59.0 Å². The maximum Gasteiger partial charge on any atom is 0.248 e. The van der Waals surface area contributed by atoms with Crippen molar-refractivity contribution in [2.24, 2.45) is 0 Å². The molecule has 8 nitrogen and oxygen atoms in total. The van der Waals surface area contributed by atoms with Crippen molar-refractivity contribution < 1.29 is 13.4 Å². The molecule has 0 radical (unpaired) electrons. The lowest BCUT2D eigenvalue weighted by Crippen LogP contribution is -2.41. The monoisotopic (exact) mass is 515 g/mol. The normalized spacial score (nSPS) is 18.2. The second-order valence-corrected chi connectivity index (χ2v) is 9.83. The summed E-state index contributed by atoms with van der Waals surface area (Å²) in [6, 6.07) is 13.1. The van der Waals surface area contributed by atoms with Gasteiger partial charge in [0.1, 0.15) is 0 Å². The Labute approximate surface area is 196 Å². The molecule has 0 saturated carbocycles. The van der Waals surface area contributed by atoms with Gasteiger partial charge in [-0.1, -0.05) is 41.1 Å². The third-order valence-electron chi connectivity index (χ3n) is 5.46. The number of fused-ring (bicyclic) bond motifs is 1. The first-order valence-corrected chi connectivity index (χ1v) is 12.3. The van der Waals surface area contributed by atoms with E-state index in [4.69, 9.17) is 9.15 Å². The summed E-state index contributed by atoms with van der Waals surface area (Å²) < 4.78 is 27.2. The van der Waals surface area contributed by atoms with Crippen molar-refractivity contribution in [1.29, 1.82) is 0 Å². The molecule has 2 atom stereocenters. The highest BCUT2D eigenvalue weighted by Crippen LogP contribution is 2.32. The van der Waals surface area contributed by atoms with Gasteiger partial charge in [-0.05, 0) is 30.7 Å². The Balaban J connectivity index is 1.45. The molecular weight excluding hydrogens is 494 g/mol. The van der Waals surface area contributed by atoms with Crippen LogP contribution in [0, 0.1) is 0 Å². The molecule has 0 spiro atoms. The second-order valence-electron chi connectivity index (χ2n) is 7.60. The number of halogens is 1. The lowest BCUT2D eigenvalue weighted by molar-refractivity contribution is -0.0346. The Morgan fingerprint density at radius 3 is 2.88 bits per heavy atom. The summed E-state index contributed by atoms with van der Waals surface area (Å²) in [7, 11) is -1.47. The molecule has 0 N–H and O–H groups in total. The van der Waals surface area contributed by atoms with Gasteiger partial charge in [0.2, 0.25) is 11.8 Å². The van der Waals surface area contributed by atoms with E-state index in [9.17, 15) is 4.21 Å². The predicted molar refractivity (Wildman–Crippen MR) is 124 cm³/mol. The van der Waals surface area contributed by atoms with Gasteiger partial charge in [-0.15, -0.1) is 10.2 Å². The molecule has 5 rings (SSSR count). The van der Waals surface area contributed by atoms with E-state index in [0.717, 1.165) is 40.4 Å². The van der Waals surface area contributed by atoms with Crippen LogP contribution in [-0.4, -0.2) is 54.3 Å². The van der Waals surface area contributed by atoms with Crippen LogP contribution in [-0.2, 0) is 22.3 Å². The molecule has 1 aliphatic heterocycles. The molecule has 10 heteroatoms. The predicted octanol–water partition coefficient (Wildman–Crippen LogP) is 4.03. The first kappa shape index (κ1) is 21.4. The summed E-state index contributed by atoms with van der Waals surface area (Å²) in [6.07, 6.45) is 2.91. The van der Waals surface area contributed by atoms with Crippen molar-refractivity contribution in [3.8, 4) is 11.5 Å². The van der Waals surface area contributed by atoms with E-state index in [0.29, 0.717) is 29.8 Å². The summed E-state index contributed by atoms with van der Waals surface area (Å²) in [5, 5.41) is 13.7. The average molecular weight is 516 g/mol. The molecule has 2 aromatic carbocycles. The van der Waals surface area contributed by atoms with Crippen LogP contribution in [0.4, 0.5) is 0 Å².